The van der Waals surface area contributed by atoms with E-state index in [0.717, 1.165) is 6.07 Å². The molecule has 4 nitrogen and oxygen atoms in total. The number of carboxylic acid groups (broad SMARTS) is 1. The molecule has 0 bridgehead atoms. The smallest absolute Gasteiger partial charge is 0.307 e. The number of sulfone groups is 1. The molecule has 2 rings (SSSR count). The average molecular weight is 308 g/mol. The zero-order valence-electron chi connectivity index (χ0n) is 11.0. The molecule has 0 saturated carbocycles. The maximum absolute atomic E-state index is 13.1. The number of rotatable bonds is 5. The largest absolute Gasteiger partial charge is 0.481 e. The van der Waals surface area contributed by atoms with Gasteiger partial charge in [0.15, 0.2) is 9.84 Å². The van der Waals surface area contributed by atoms with Gasteiger partial charge in [0.1, 0.15) is 5.82 Å². The van der Waals surface area contributed by atoms with E-state index in [9.17, 15) is 17.6 Å². The van der Waals surface area contributed by atoms with Gasteiger partial charge in [0.25, 0.3) is 0 Å². The Balaban J connectivity index is 2.19. The molecule has 0 aliphatic heterocycles. The van der Waals surface area contributed by atoms with Crippen LogP contribution in [0.1, 0.15) is 11.1 Å². The molecule has 0 saturated heterocycles. The maximum atomic E-state index is 13.1. The van der Waals surface area contributed by atoms with Crippen LogP contribution in [0.15, 0.2) is 53.4 Å². The van der Waals surface area contributed by atoms with E-state index in [2.05, 4.69) is 0 Å². The van der Waals surface area contributed by atoms with Gasteiger partial charge in [0, 0.05) is 0 Å². The van der Waals surface area contributed by atoms with E-state index in [4.69, 9.17) is 5.11 Å². The number of carboxylic acids is 1. The average Bonchev–Trinajstić information content (AvgIpc) is 2.40. The van der Waals surface area contributed by atoms with Crippen molar-refractivity contribution in [3.8, 4) is 0 Å². The first-order valence-electron chi connectivity index (χ1n) is 6.15. The second-order valence-corrected chi connectivity index (χ2v) is 6.59. The van der Waals surface area contributed by atoms with Crippen LogP contribution < -0.4 is 0 Å². The number of halogens is 1. The number of hydrogen-bond donors (Lipinski definition) is 1. The molecule has 110 valence electrons. The Kier molecular flexibility index (Phi) is 4.37. The van der Waals surface area contributed by atoms with Gasteiger partial charge in [-0.2, -0.15) is 0 Å². The number of aliphatic carboxylic acids is 1. The van der Waals surface area contributed by atoms with Gasteiger partial charge in [0.05, 0.1) is 17.1 Å². The highest BCUT2D eigenvalue weighted by molar-refractivity contribution is 7.90. The van der Waals surface area contributed by atoms with Gasteiger partial charge in [-0.05, 0) is 29.3 Å². The van der Waals surface area contributed by atoms with Crippen LogP contribution in [0.3, 0.4) is 0 Å². The molecule has 0 aliphatic carbocycles. The Bertz CT molecular complexity index is 751. The van der Waals surface area contributed by atoms with Crippen molar-refractivity contribution < 1.29 is 22.7 Å². The first-order valence-corrected chi connectivity index (χ1v) is 7.80. The standard InChI is InChI=1S/C15H13FO4S/c16-13-2-1-3-14(9-13)21(19,20)10-12-6-4-11(5-7-12)8-15(17)18/h1-7,9H,8,10H2,(H,17,18). The van der Waals surface area contributed by atoms with Gasteiger partial charge in [-0.15, -0.1) is 0 Å². The third-order valence-corrected chi connectivity index (χ3v) is 4.58. The fourth-order valence-electron chi connectivity index (χ4n) is 1.89. The van der Waals surface area contributed by atoms with Crippen LogP contribution in [-0.2, 0) is 26.8 Å². The van der Waals surface area contributed by atoms with Crippen LogP contribution in [0.25, 0.3) is 0 Å². The number of hydrogen-bond acceptors (Lipinski definition) is 3. The molecule has 0 heterocycles. The van der Waals surface area contributed by atoms with Crippen molar-refractivity contribution in [3.05, 3.63) is 65.5 Å². The zero-order valence-corrected chi connectivity index (χ0v) is 11.8. The summed E-state index contributed by atoms with van der Waals surface area (Å²) in [5.41, 5.74) is 1.11. The highest BCUT2D eigenvalue weighted by Crippen LogP contribution is 2.18. The van der Waals surface area contributed by atoms with E-state index >= 15 is 0 Å². The van der Waals surface area contributed by atoms with Gasteiger partial charge in [-0.1, -0.05) is 30.3 Å². The quantitative estimate of drug-likeness (QED) is 0.921. The summed E-state index contributed by atoms with van der Waals surface area (Å²) in [5.74, 6) is -1.81. The van der Waals surface area contributed by atoms with Gasteiger partial charge in [-0.25, -0.2) is 12.8 Å². The van der Waals surface area contributed by atoms with Crippen LogP contribution in [0.4, 0.5) is 4.39 Å². The van der Waals surface area contributed by atoms with Crippen molar-refractivity contribution in [3.63, 3.8) is 0 Å². The molecule has 2 aromatic carbocycles. The summed E-state index contributed by atoms with van der Waals surface area (Å²) in [7, 11) is -3.63. The van der Waals surface area contributed by atoms with Crippen LogP contribution >= 0.6 is 0 Å². The highest BCUT2D eigenvalue weighted by Gasteiger charge is 2.16. The number of carbonyl (C=O) groups is 1. The molecule has 1 N–H and O–H groups in total. The maximum Gasteiger partial charge on any atom is 0.307 e. The molecule has 0 amide bonds. The van der Waals surface area contributed by atoms with Crippen molar-refractivity contribution in [1.29, 1.82) is 0 Å². The molecule has 0 spiro atoms. The molecule has 0 unspecified atom stereocenters. The van der Waals surface area contributed by atoms with Gasteiger partial charge in [-0.3, -0.25) is 4.79 Å². The second kappa shape index (κ2) is 6.05. The molecule has 0 fully saturated rings. The van der Waals surface area contributed by atoms with Crippen molar-refractivity contribution in [2.75, 3.05) is 0 Å². The first-order chi connectivity index (χ1) is 9.87. The molecule has 21 heavy (non-hydrogen) atoms. The predicted molar refractivity (Wildman–Crippen MR) is 75.1 cm³/mol. The number of benzene rings is 2. The zero-order chi connectivity index (χ0) is 15.5. The predicted octanol–water partition coefficient (Wildman–Crippen LogP) is 2.43. The summed E-state index contributed by atoms with van der Waals surface area (Å²) in [6.07, 6.45) is -0.114. The van der Waals surface area contributed by atoms with Crippen LogP contribution in [0, 0.1) is 5.82 Å². The minimum Gasteiger partial charge on any atom is -0.481 e. The normalized spacial score (nSPS) is 11.3. The van der Waals surface area contributed by atoms with E-state index in [1.54, 1.807) is 24.3 Å². The molecule has 2 aromatic rings. The van der Waals surface area contributed by atoms with Crippen molar-refractivity contribution in [2.45, 2.75) is 17.1 Å². The lowest BCUT2D eigenvalue weighted by Crippen LogP contribution is -2.06. The van der Waals surface area contributed by atoms with Gasteiger partial charge in [0.2, 0.25) is 0 Å². The van der Waals surface area contributed by atoms with E-state index in [-0.39, 0.29) is 17.1 Å². The Morgan fingerprint density at radius 2 is 1.67 bits per heavy atom. The van der Waals surface area contributed by atoms with Crippen molar-refractivity contribution in [2.24, 2.45) is 0 Å². The van der Waals surface area contributed by atoms with E-state index in [1.165, 1.54) is 18.2 Å². The molecule has 0 atom stereocenters. The van der Waals surface area contributed by atoms with Gasteiger partial charge >= 0.3 is 5.97 Å². The lowest BCUT2D eigenvalue weighted by atomic mass is 10.1. The Labute approximate surface area is 121 Å². The Morgan fingerprint density at radius 1 is 1.05 bits per heavy atom. The summed E-state index contributed by atoms with van der Waals surface area (Å²) >= 11 is 0. The first kappa shape index (κ1) is 15.2. The summed E-state index contributed by atoms with van der Waals surface area (Å²) in [4.78, 5) is 10.5. The molecule has 0 radical (unpaired) electrons. The lowest BCUT2D eigenvalue weighted by Gasteiger charge is -2.06. The van der Waals surface area contributed by atoms with Crippen molar-refractivity contribution in [1.82, 2.24) is 0 Å². The summed E-state index contributed by atoms with van der Waals surface area (Å²) in [5, 5.41) is 8.67. The van der Waals surface area contributed by atoms with Crippen LogP contribution in [-0.4, -0.2) is 19.5 Å². The SMILES string of the molecule is O=C(O)Cc1ccc(CS(=O)(=O)c2cccc(F)c2)cc1. The minimum absolute atomic E-state index is 0.0721. The minimum atomic E-state index is -3.63. The molecular formula is C15H13FO4S. The molecule has 0 aromatic heterocycles. The lowest BCUT2D eigenvalue weighted by molar-refractivity contribution is -0.136. The van der Waals surface area contributed by atoms with E-state index in [0.29, 0.717) is 11.1 Å². The topological polar surface area (TPSA) is 71.4 Å². The van der Waals surface area contributed by atoms with E-state index in [1.807, 2.05) is 0 Å². The third-order valence-electron chi connectivity index (χ3n) is 2.89. The third kappa shape index (κ3) is 4.13. The molecule has 0 aliphatic rings. The Hall–Kier alpha value is -2.21. The fourth-order valence-corrected chi connectivity index (χ4v) is 3.27. The van der Waals surface area contributed by atoms with Crippen LogP contribution in [0.2, 0.25) is 0 Å². The second-order valence-electron chi connectivity index (χ2n) is 4.60. The fraction of sp³-hybridized carbons (Fsp3) is 0.133. The van der Waals surface area contributed by atoms with Crippen molar-refractivity contribution >= 4 is 15.8 Å². The monoisotopic (exact) mass is 308 g/mol. The summed E-state index contributed by atoms with van der Waals surface area (Å²) in [6, 6.07) is 11.1. The summed E-state index contributed by atoms with van der Waals surface area (Å²) in [6.45, 7) is 0. The molecular weight excluding hydrogens is 295 g/mol. The van der Waals surface area contributed by atoms with E-state index < -0.39 is 21.6 Å². The summed E-state index contributed by atoms with van der Waals surface area (Å²) < 4.78 is 37.4. The molecule has 6 heteroatoms. The highest BCUT2D eigenvalue weighted by atomic mass is 32.2. The Morgan fingerprint density at radius 3 is 2.24 bits per heavy atom. The van der Waals surface area contributed by atoms with Crippen LogP contribution in [0.5, 0.6) is 0 Å². The van der Waals surface area contributed by atoms with Gasteiger partial charge < -0.3 is 5.11 Å².